The number of hydrogen-bond donors (Lipinski definition) is 1. The molecule has 3 rings (SSSR count). The first-order valence-corrected chi connectivity index (χ1v) is 9.92. The molecule has 2 heterocycles. The van der Waals surface area contributed by atoms with E-state index >= 15 is 0 Å². The van der Waals surface area contributed by atoms with E-state index in [0.717, 1.165) is 18.7 Å². The first-order valence-electron chi connectivity index (χ1n) is 8.97. The van der Waals surface area contributed by atoms with Gasteiger partial charge in [-0.1, -0.05) is 6.07 Å². The number of amides is 1. The number of aryl methyl sites for hydroxylation is 1. The Labute approximate surface area is 158 Å². The molecule has 1 fully saturated rings. The first kappa shape index (κ1) is 18.7. The molecule has 0 bridgehead atoms. The fourth-order valence-corrected chi connectivity index (χ4v) is 3.98. The Kier molecular flexibility index (Phi) is 6.52. The van der Waals surface area contributed by atoms with Crippen LogP contribution in [-0.4, -0.2) is 44.2 Å². The Balaban J connectivity index is 1.54. The number of benzene rings is 1. The second-order valence-corrected chi connectivity index (χ2v) is 7.34. The maximum absolute atomic E-state index is 12.3. The van der Waals surface area contributed by atoms with Crippen LogP contribution in [0.4, 0.5) is 0 Å². The van der Waals surface area contributed by atoms with Crippen molar-refractivity contribution in [3.05, 3.63) is 46.2 Å². The molecular weight excluding hydrogens is 348 g/mol. The van der Waals surface area contributed by atoms with E-state index in [1.54, 1.807) is 18.4 Å². The van der Waals surface area contributed by atoms with E-state index in [2.05, 4.69) is 27.0 Å². The SMILES string of the molecule is COc1cc(C)ccc1OCC(=O)NCC(c1ccsc1)N1CCCC1. The van der Waals surface area contributed by atoms with E-state index in [1.165, 1.54) is 18.4 Å². The van der Waals surface area contributed by atoms with Gasteiger partial charge >= 0.3 is 0 Å². The third kappa shape index (κ3) is 4.77. The summed E-state index contributed by atoms with van der Waals surface area (Å²) in [5, 5.41) is 7.28. The highest BCUT2D eigenvalue weighted by Gasteiger charge is 2.24. The van der Waals surface area contributed by atoms with Crippen LogP contribution in [0.2, 0.25) is 0 Å². The second-order valence-electron chi connectivity index (χ2n) is 6.56. The minimum atomic E-state index is -0.118. The monoisotopic (exact) mass is 374 g/mol. The normalized spacial score (nSPS) is 15.6. The van der Waals surface area contributed by atoms with Gasteiger partial charge in [-0.3, -0.25) is 9.69 Å². The summed E-state index contributed by atoms with van der Waals surface area (Å²) < 4.78 is 11.0. The number of carbonyl (C=O) groups excluding carboxylic acids is 1. The molecular formula is C20H26N2O3S. The molecule has 26 heavy (non-hydrogen) atoms. The zero-order valence-electron chi connectivity index (χ0n) is 15.4. The van der Waals surface area contributed by atoms with Gasteiger partial charge in [0.05, 0.1) is 13.2 Å². The lowest BCUT2D eigenvalue weighted by atomic mass is 10.1. The van der Waals surface area contributed by atoms with Crippen LogP contribution in [-0.2, 0) is 4.79 Å². The number of carbonyl (C=O) groups is 1. The summed E-state index contributed by atoms with van der Waals surface area (Å²) in [6, 6.07) is 8.05. The van der Waals surface area contributed by atoms with Crippen molar-refractivity contribution in [3.63, 3.8) is 0 Å². The van der Waals surface area contributed by atoms with Crippen LogP contribution in [0.3, 0.4) is 0 Å². The quantitative estimate of drug-likeness (QED) is 0.769. The van der Waals surface area contributed by atoms with Gasteiger partial charge in [-0.15, -0.1) is 0 Å². The Morgan fingerprint density at radius 3 is 2.77 bits per heavy atom. The van der Waals surface area contributed by atoms with Crippen LogP contribution >= 0.6 is 11.3 Å². The van der Waals surface area contributed by atoms with Gasteiger partial charge in [-0.25, -0.2) is 0 Å². The van der Waals surface area contributed by atoms with E-state index in [4.69, 9.17) is 9.47 Å². The van der Waals surface area contributed by atoms with Gasteiger partial charge in [0, 0.05) is 6.54 Å². The number of nitrogens with one attached hydrogen (secondary N) is 1. The summed E-state index contributed by atoms with van der Waals surface area (Å²) in [4.78, 5) is 14.7. The third-order valence-electron chi connectivity index (χ3n) is 4.68. The number of thiophene rings is 1. The number of ether oxygens (including phenoxy) is 2. The van der Waals surface area contributed by atoms with Gasteiger partial charge in [0.1, 0.15) is 0 Å². The zero-order valence-corrected chi connectivity index (χ0v) is 16.2. The lowest BCUT2D eigenvalue weighted by Gasteiger charge is -2.27. The molecule has 0 saturated carbocycles. The summed E-state index contributed by atoms with van der Waals surface area (Å²) in [6.07, 6.45) is 2.45. The third-order valence-corrected chi connectivity index (χ3v) is 5.38. The Hall–Kier alpha value is -2.05. The maximum Gasteiger partial charge on any atom is 0.258 e. The van der Waals surface area contributed by atoms with Crippen molar-refractivity contribution >= 4 is 17.2 Å². The molecule has 1 saturated heterocycles. The van der Waals surface area contributed by atoms with E-state index < -0.39 is 0 Å². The van der Waals surface area contributed by atoms with Crippen LogP contribution in [0.25, 0.3) is 0 Å². The lowest BCUT2D eigenvalue weighted by molar-refractivity contribution is -0.123. The highest BCUT2D eigenvalue weighted by molar-refractivity contribution is 7.07. The fraction of sp³-hybridized carbons (Fsp3) is 0.450. The van der Waals surface area contributed by atoms with E-state index in [0.29, 0.717) is 18.0 Å². The molecule has 2 aromatic rings. The summed E-state index contributed by atoms with van der Waals surface area (Å²) in [7, 11) is 1.60. The lowest BCUT2D eigenvalue weighted by Crippen LogP contribution is -2.38. The highest BCUT2D eigenvalue weighted by atomic mass is 32.1. The van der Waals surface area contributed by atoms with E-state index in [9.17, 15) is 4.79 Å². The number of nitrogens with zero attached hydrogens (tertiary/aromatic N) is 1. The Morgan fingerprint density at radius 2 is 2.08 bits per heavy atom. The molecule has 1 aromatic carbocycles. The van der Waals surface area contributed by atoms with Crippen molar-refractivity contribution in [2.24, 2.45) is 0 Å². The molecule has 6 heteroatoms. The van der Waals surface area contributed by atoms with Crippen molar-refractivity contribution in [1.82, 2.24) is 10.2 Å². The molecule has 1 unspecified atom stereocenters. The Morgan fingerprint density at radius 1 is 1.27 bits per heavy atom. The van der Waals surface area contributed by atoms with Crippen molar-refractivity contribution in [3.8, 4) is 11.5 Å². The Bertz CT molecular complexity index is 712. The van der Waals surface area contributed by atoms with Crippen molar-refractivity contribution in [2.75, 3.05) is 33.4 Å². The molecule has 1 atom stereocenters. The molecule has 0 spiro atoms. The molecule has 5 nitrogen and oxygen atoms in total. The summed E-state index contributed by atoms with van der Waals surface area (Å²) in [5.41, 5.74) is 2.36. The number of hydrogen-bond acceptors (Lipinski definition) is 5. The van der Waals surface area contributed by atoms with Gasteiger partial charge in [-0.2, -0.15) is 11.3 Å². The van der Waals surface area contributed by atoms with Crippen LogP contribution in [0.1, 0.15) is 30.0 Å². The molecule has 1 aromatic heterocycles. The zero-order chi connectivity index (χ0) is 18.4. The minimum Gasteiger partial charge on any atom is -0.493 e. The van der Waals surface area contributed by atoms with Crippen LogP contribution in [0.5, 0.6) is 11.5 Å². The van der Waals surface area contributed by atoms with Gasteiger partial charge in [0.15, 0.2) is 18.1 Å². The summed E-state index contributed by atoms with van der Waals surface area (Å²) in [6.45, 7) is 4.75. The highest BCUT2D eigenvalue weighted by Crippen LogP contribution is 2.28. The van der Waals surface area contributed by atoms with Gasteiger partial charge in [0.25, 0.3) is 5.91 Å². The van der Waals surface area contributed by atoms with Crippen LogP contribution in [0.15, 0.2) is 35.0 Å². The topological polar surface area (TPSA) is 50.8 Å². The van der Waals surface area contributed by atoms with Gasteiger partial charge in [-0.05, 0) is 72.9 Å². The second kappa shape index (κ2) is 9.05. The molecule has 1 N–H and O–H groups in total. The molecule has 0 radical (unpaired) electrons. The summed E-state index contributed by atoms with van der Waals surface area (Å²) >= 11 is 1.70. The molecule has 1 amide bonds. The van der Waals surface area contributed by atoms with E-state index in [-0.39, 0.29) is 18.6 Å². The largest absolute Gasteiger partial charge is 0.493 e. The van der Waals surface area contributed by atoms with Crippen LogP contribution < -0.4 is 14.8 Å². The molecule has 1 aliphatic heterocycles. The maximum atomic E-state index is 12.3. The smallest absolute Gasteiger partial charge is 0.258 e. The predicted molar refractivity (Wildman–Crippen MR) is 104 cm³/mol. The van der Waals surface area contributed by atoms with Crippen molar-refractivity contribution in [2.45, 2.75) is 25.8 Å². The number of rotatable bonds is 8. The first-order chi connectivity index (χ1) is 12.7. The molecule has 0 aliphatic carbocycles. The standard InChI is InChI=1S/C20H26N2O3S/c1-15-5-6-18(19(11-15)24-2)25-13-20(23)21-12-17(16-7-10-26-14-16)22-8-3-4-9-22/h5-7,10-11,14,17H,3-4,8-9,12-13H2,1-2H3,(H,21,23). The predicted octanol–water partition coefficient (Wildman–Crippen LogP) is 3.40. The van der Waals surface area contributed by atoms with Gasteiger partial charge < -0.3 is 14.8 Å². The molecule has 140 valence electrons. The molecule has 1 aliphatic rings. The van der Waals surface area contributed by atoms with E-state index in [1.807, 2.05) is 25.1 Å². The number of likely N-dealkylation sites (tertiary alicyclic amines) is 1. The average molecular weight is 375 g/mol. The number of methoxy groups -OCH3 is 1. The van der Waals surface area contributed by atoms with Crippen molar-refractivity contribution < 1.29 is 14.3 Å². The fourth-order valence-electron chi connectivity index (χ4n) is 3.27. The minimum absolute atomic E-state index is 0.0181. The van der Waals surface area contributed by atoms with Gasteiger partial charge in [0.2, 0.25) is 0 Å². The average Bonchev–Trinajstić information content (AvgIpc) is 3.35. The van der Waals surface area contributed by atoms with Crippen LogP contribution in [0, 0.1) is 6.92 Å². The summed E-state index contributed by atoms with van der Waals surface area (Å²) in [5.74, 6) is 1.11. The van der Waals surface area contributed by atoms with Crippen molar-refractivity contribution in [1.29, 1.82) is 0 Å².